The summed E-state index contributed by atoms with van der Waals surface area (Å²) in [6.07, 6.45) is 6.12. The molecule has 0 spiro atoms. The van der Waals surface area contributed by atoms with E-state index in [0.717, 1.165) is 5.57 Å². The van der Waals surface area contributed by atoms with Gasteiger partial charge in [-0.05, 0) is 29.7 Å². The molecule has 0 saturated heterocycles. The molecule has 0 radical (unpaired) electrons. The van der Waals surface area contributed by atoms with Crippen LogP contribution in [0.15, 0.2) is 103 Å². The van der Waals surface area contributed by atoms with E-state index in [0.29, 0.717) is 0 Å². The van der Waals surface area contributed by atoms with Crippen molar-refractivity contribution in [3.05, 3.63) is 125 Å². The smallest absolute Gasteiger partial charge is 0.0309 e. The van der Waals surface area contributed by atoms with Crippen molar-refractivity contribution in [2.45, 2.75) is 6.92 Å². The van der Waals surface area contributed by atoms with Crippen LogP contribution >= 0.6 is 0 Å². The van der Waals surface area contributed by atoms with Gasteiger partial charge >= 0.3 is 0 Å². The molecule has 0 heterocycles. The van der Waals surface area contributed by atoms with Crippen LogP contribution < -0.4 is 0 Å². The minimum absolute atomic E-state index is 1.10. The van der Waals surface area contributed by atoms with Gasteiger partial charge in [0.25, 0.3) is 0 Å². The summed E-state index contributed by atoms with van der Waals surface area (Å²) in [6.45, 7) is 2.10. The molecule has 3 rings (SSSR count). The minimum atomic E-state index is 1.10. The minimum Gasteiger partial charge on any atom is -0.112 e. The van der Waals surface area contributed by atoms with Gasteiger partial charge in [0.05, 0.1) is 0 Å². The molecule has 0 nitrogen and oxygen atoms in total. The first kappa shape index (κ1) is 15.8. The van der Waals surface area contributed by atoms with Gasteiger partial charge in [0.1, 0.15) is 0 Å². The fourth-order valence-corrected chi connectivity index (χ4v) is 2.51. The second kappa shape index (κ2) is 7.97. The molecule has 3 aromatic rings. The molecule has 116 valence electrons. The Hall–Kier alpha value is -3.08. The molecule has 0 aliphatic carbocycles. The molecule has 0 aliphatic heterocycles. The second-order valence-electron chi connectivity index (χ2n) is 5.69. The third-order valence-corrected chi connectivity index (χ3v) is 3.81. The summed E-state index contributed by atoms with van der Waals surface area (Å²) in [5.41, 5.74) is 9.35. The summed E-state index contributed by atoms with van der Waals surface area (Å²) >= 11 is 0. The molecule has 0 aromatic heterocycles. The van der Waals surface area contributed by atoms with Crippen molar-refractivity contribution in [1.29, 1.82) is 0 Å². The fraction of sp³-hybridized carbons (Fsp3) is 0.0417. The first-order valence-corrected chi connectivity index (χ1v) is 8.14. The molecule has 0 atom stereocenters. The number of hydrogen-bond acceptors (Lipinski definition) is 0. The van der Waals surface area contributed by atoms with Crippen LogP contribution in [0.5, 0.6) is 0 Å². The highest BCUT2D eigenvalue weighted by Gasteiger charge is 2.02. The van der Waals surface area contributed by atoms with E-state index < -0.39 is 0 Å². The number of hydrogen-bond donors (Lipinski definition) is 0. The van der Waals surface area contributed by atoms with Crippen LogP contribution in [-0.4, -0.2) is 0 Å². The lowest BCUT2D eigenvalue weighted by molar-refractivity contribution is 1.46. The molecule has 0 saturated carbocycles. The van der Waals surface area contributed by atoms with Crippen LogP contribution in [0.2, 0.25) is 0 Å². The summed E-state index contributed by atoms with van der Waals surface area (Å²) < 4.78 is 0. The standard InChI is InChI=1S/C24H20/c1-20-16-18-21(19-17-20)10-8-9-15-24(22-11-4-2-5-12-22)23-13-6-3-7-14-23/h2-14,16-19H,1H3/b10-8+. The van der Waals surface area contributed by atoms with Crippen molar-refractivity contribution in [2.75, 3.05) is 0 Å². The largest absolute Gasteiger partial charge is 0.112 e. The maximum atomic E-state index is 3.44. The van der Waals surface area contributed by atoms with Gasteiger partial charge in [-0.25, -0.2) is 0 Å². The van der Waals surface area contributed by atoms with E-state index >= 15 is 0 Å². The van der Waals surface area contributed by atoms with Crippen LogP contribution in [0.3, 0.4) is 0 Å². The monoisotopic (exact) mass is 308 g/mol. The zero-order valence-electron chi connectivity index (χ0n) is 13.8. The number of benzene rings is 3. The Labute approximate surface area is 144 Å². The van der Waals surface area contributed by atoms with E-state index in [4.69, 9.17) is 0 Å². The molecule has 3 aromatic carbocycles. The van der Waals surface area contributed by atoms with Gasteiger partial charge in [0, 0.05) is 5.57 Å². The van der Waals surface area contributed by atoms with E-state index in [9.17, 15) is 0 Å². The highest BCUT2D eigenvalue weighted by Crippen LogP contribution is 2.21. The first-order valence-electron chi connectivity index (χ1n) is 8.14. The van der Waals surface area contributed by atoms with Crippen molar-refractivity contribution < 1.29 is 0 Å². The van der Waals surface area contributed by atoms with Crippen LogP contribution in [0.1, 0.15) is 22.3 Å². The molecular weight excluding hydrogens is 288 g/mol. The normalized spacial score (nSPS) is 10.4. The highest BCUT2D eigenvalue weighted by atomic mass is 14.0. The summed E-state index contributed by atoms with van der Waals surface area (Å²) in [6, 6.07) is 29.3. The molecule has 0 bridgehead atoms. The lowest BCUT2D eigenvalue weighted by Crippen LogP contribution is -1.85. The molecule has 0 unspecified atom stereocenters. The van der Waals surface area contributed by atoms with Crippen molar-refractivity contribution in [3.63, 3.8) is 0 Å². The summed E-state index contributed by atoms with van der Waals surface area (Å²) in [5.74, 6) is 0. The molecular formula is C24H20. The van der Waals surface area contributed by atoms with E-state index in [2.05, 4.69) is 91.5 Å². The van der Waals surface area contributed by atoms with E-state index in [1.807, 2.05) is 24.3 Å². The lowest BCUT2D eigenvalue weighted by Gasteiger charge is -2.04. The van der Waals surface area contributed by atoms with Crippen molar-refractivity contribution in [1.82, 2.24) is 0 Å². The van der Waals surface area contributed by atoms with Gasteiger partial charge in [-0.2, -0.15) is 0 Å². The first-order chi connectivity index (χ1) is 11.8. The van der Waals surface area contributed by atoms with Crippen LogP contribution in [0, 0.1) is 6.92 Å². The zero-order chi connectivity index (χ0) is 16.6. The predicted octanol–water partition coefficient (Wildman–Crippen LogP) is 6.30. The maximum Gasteiger partial charge on any atom is 0.0309 e. The van der Waals surface area contributed by atoms with Crippen molar-refractivity contribution in [3.8, 4) is 0 Å². The quantitative estimate of drug-likeness (QED) is 0.392. The van der Waals surface area contributed by atoms with Crippen LogP contribution in [0.4, 0.5) is 0 Å². The third-order valence-electron chi connectivity index (χ3n) is 3.81. The molecule has 0 heteroatoms. The van der Waals surface area contributed by atoms with Crippen LogP contribution in [0.25, 0.3) is 11.6 Å². The summed E-state index contributed by atoms with van der Waals surface area (Å²) in [7, 11) is 0. The molecule has 0 fully saturated rings. The SMILES string of the molecule is Cc1ccc(/C=C/C=C=C(c2ccccc2)c2ccccc2)cc1. The van der Waals surface area contributed by atoms with Crippen molar-refractivity contribution >= 4 is 11.6 Å². The van der Waals surface area contributed by atoms with E-state index in [-0.39, 0.29) is 0 Å². The molecule has 0 N–H and O–H groups in total. The highest BCUT2D eigenvalue weighted by molar-refractivity contribution is 5.79. The second-order valence-corrected chi connectivity index (χ2v) is 5.69. The van der Waals surface area contributed by atoms with Gasteiger partial charge in [0.15, 0.2) is 0 Å². The lowest BCUT2D eigenvalue weighted by atomic mass is 9.99. The number of rotatable bonds is 4. The third kappa shape index (κ3) is 4.23. The topological polar surface area (TPSA) is 0 Å². The Balaban J connectivity index is 1.93. The number of allylic oxidation sites excluding steroid dienone is 2. The van der Waals surface area contributed by atoms with E-state index in [1.165, 1.54) is 22.3 Å². The van der Waals surface area contributed by atoms with Gasteiger partial charge in [-0.3, -0.25) is 0 Å². The predicted molar refractivity (Wildman–Crippen MR) is 104 cm³/mol. The molecule has 0 amide bonds. The summed E-state index contributed by atoms with van der Waals surface area (Å²) in [5, 5.41) is 0. The van der Waals surface area contributed by atoms with Gasteiger partial charge < -0.3 is 0 Å². The Morgan fingerprint density at radius 2 is 1.25 bits per heavy atom. The Kier molecular flexibility index (Phi) is 5.24. The molecule has 24 heavy (non-hydrogen) atoms. The summed E-state index contributed by atoms with van der Waals surface area (Å²) in [4.78, 5) is 0. The fourth-order valence-electron chi connectivity index (χ4n) is 2.51. The van der Waals surface area contributed by atoms with E-state index in [1.54, 1.807) is 0 Å². The van der Waals surface area contributed by atoms with Crippen molar-refractivity contribution in [2.24, 2.45) is 0 Å². The Morgan fingerprint density at radius 1 is 0.708 bits per heavy atom. The average Bonchev–Trinajstić information content (AvgIpc) is 2.65. The zero-order valence-corrected chi connectivity index (χ0v) is 13.8. The average molecular weight is 308 g/mol. The Morgan fingerprint density at radius 3 is 1.79 bits per heavy atom. The maximum absolute atomic E-state index is 3.44. The van der Waals surface area contributed by atoms with Gasteiger partial charge in [0.2, 0.25) is 0 Å². The van der Waals surface area contributed by atoms with Gasteiger partial charge in [-0.1, -0.05) is 103 Å². The number of aryl methyl sites for hydroxylation is 1. The molecule has 0 aliphatic rings. The Bertz CT molecular complexity index is 819. The van der Waals surface area contributed by atoms with Gasteiger partial charge in [-0.15, -0.1) is 5.73 Å². The van der Waals surface area contributed by atoms with Crippen LogP contribution in [-0.2, 0) is 0 Å².